The Morgan fingerprint density at radius 2 is 1.88 bits per heavy atom. The largest absolute Gasteiger partial charge is 0.507 e. The first kappa shape index (κ1) is 21.5. The van der Waals surface area contributed by atoms with Gasteiger partial charge in [0.1, 0.15) is 5.75 Å². The van der Waals surface area contributed by atoms with Gasteiger partial charge >= 0.3 is 0 Å². The molecule has 2 aliphatic rings. The van der Waals surface area contributed by atoms with Crippen LogP contribution >= 0.6 is 24.8 Å². The van der Waals surface area contributed by atoms with Gasteiger partial charge in [-0.1, -0.05) is 25.1 Å². The molecule has 1 aromatic rings. The van der Waals surface area contributed by atoms with E-state index in [9.17, 15) is 5.11 Å². The second-order valence-electron chi connectivity index (χ2n) is 6.39. The third-order valence-corrected chi connectivity index (χ3v) is 5.11. The van der Waals surface area contributed by atoms with E-state index in [0.29, 0.717) is 17.7 Å². The lowest BCUT2D eigenvalue weighted by Crippen LogP contribution is -2.47. The van der Waals surface area contributed by atoms with Crippen molar-refractivity contribution in [2.75, 3.05) is 39.4 Å². The van der Waals surface area contributed by atoms with E-state index in [1.807, 2.05) is 6.07 Å². The van der Waals surface area contributed by atoms with Crippen LogP contribution in [0.25, 0.3) is 0 Å². The number of nitrogens with zero attached hydrogens (tertiary/aromatic N) is 1. The number of piperazine rings is 1. The Labute approximate surface area is 157 Å². The lowest BCUT2D eigenvalue weighted by atomic mass is 9.84. The summed E-state index contributed by atoms with van der Waals surface area (Å²) in [5.41, 5.74) is 2.18. The van der Waals surface area contributed by atoms with E-state index in [0.717, 1.165) is 69.8 Å². The van der Waals surface area contributed by atoms with Crippen molar-refractivity contribution >= 4 is 24.8 Å². The lowest BCUT2D eigenvalue weighted by Gasteiger charge is -2.41. The molecule has 0 saturated carbocycles. The Bertz CT molecular complexity index is 472. The van der Waals surface area contributed by atoms with E-state index in [2.05, 4.69) is 29.3 Å². The summed E-state index contributed by atoms with van der Waals surface area (Å²) in [5, 5.41) is 14.2. The summed E-state index contributed by atoms with van der Waals surface area (Å²) in [4.78, 5) is 2.56. The van der Waals surface area contributed by atoms with Crippen molar-refractivity contribution in [2.24, 2.45) is 5.92 Å². The standard InChI is InChI=1S/C18H28N2O2.2ClH/c1-2-14-4-3-5-16(18(14)21)17(15-6-12-22-13-7-15)20-10-8-19-9-11-20;;/h3-5,15,17,19,21H,2,6-13H2,1H3;2*1H/t17-;;/m1../s1. The van der Waals surface area contributed by atoms with Gasteiger partial charge in [0.15, 0.2) is 0 Å². The lowest BCUT2D eigenvalue weighted by molar-refractivity contribution is 0.0206. The molecule has 0 amide bonds. The average Bonchev–Trinajstić information content (AvgIpc) is 2.59. The normalized spacial score (nSPS) is 20.7. The number of hydrogen-bond acceptors (Lipinski definition) is 4. The number of benzene rings is 1. The summed E-state index contributed by atoms with van der Waals surface area (Å²) in [6.07, 6.45) is 3.05. The fraction of sp³-hybridized carbons (Fsp3) is 0.667. The highest BCUT2D eigenvalue weighted by molar-refractivity contribution is 5.85. The number of aromatic hydroxyl groups is 1. The summed E-state index contributed by atoms with van der Waals surface area (Å²) in [6.45, 7) is 7.98. The van der Waals surface area contributed by atoms with Gasteiger partial charge in [-0.3, -0.25) is 4.90 Å². The van der Waals surface area contributed by atoms with Crippen molar-refractivity contribution in [1.82, 2.24) is 10.2 Å². The molecule has 0 bridgehead atoms. The second-order valence-corrected chi connectivity index (χ2v) is 6.39. The van der Waals surface area contributed by atoms with Crippen molar-refractivity contribution in [2.45, 2.75) is 32.2 Å². The molecular formula is C18H30Cl2N2O2. The smallest absolute Gasteiger partial charge is 0.123 e. The van der Waals surface area contributed by atoms with E-state index in [4.69, 9.17) is 4.74 Å². The Kier molecular flexibility index (Phi) is 9.39. The zero-order valence-electron chi connectivity index (χ0n) is 14.4. The maximum Gasteiger partial charge on any atom is 0.123 e. The molecule has 1 atom stereocenters. The first-order chi connectivity index (χ1) is 10.8. The van der Waals surface area contributed by atoms with Crippen LogP contribution in [0.2, 0.25) is 0 Å². The van der Waals surface area contributed by atoms with Crippen molar-refractivity contribution in [3.05, 3.63) is 29.3 Å². The quantitative estimate of drug-likeness (QED) is 0.846. The fourth-order valence-corrected chi connectivity index (χ4v) is 3.88. The van der Waals surface area contributed by atoms with Crippen molar-refractivity contribution in [3.63, 3.8) is 0 Å². The minimum atomic E-state index is 0. The summed E-state index contributed by atoms with van der Waals surface area (Å²) >= 11 is 0. The van der Waals surface area contributed by atoms with Crippen LogP contribution in [0.4, 0.5) is 0 Å². The third kappa shape index (κ3) is 4.77. The molecule has 2 saturated heterocycles. The number of rotatable bonds is 4. The maximum absolute atomic E-state index is 10.7. The predicted octanol–water partition coefficient (Wildman–Crippen LogP) is 3.17. The molecule has 2 fully saturated rings. The first-order valence-electron chi connectivity index (χ1n) is 8.64. The molecule has 24 heavy (non-hydrogen) atoms. The van der Waals surface area contributed by atoms with Crippen molar-refractivity contribution in [1.29, 1.82) is 0 Å². The number of hydrogen-bond donors (Lipinski definition) is 2. The molecule has 0 radical (unpaired) electrons. The van der Waals surface area contributed by atoms with Gasteiger partial charge in [0.25, 0.3) is 0 Å². The molecule has 0 spiro atoms. The number of phenolic OH excluding ortho intramolecular Hbond substituents is 1. The molecule has 0 unspecified atom stereocenters. The molecule has 3 rings (SSSR count). The fourth-order valence-electron chi connectivity index (χ4n) is 3.88. The van der Waals surface area contributed by atoms with Gasteiger partial charge in [0, 0.05) is 51.0 Å². The van der Waals surface area contributed by atoms with Crippen LogP contribution in [0.3, 0.4) is 0 Å². The monoisotopic (exact) mass is 376 g/mol. The molecule has 2 aliphatic heterocycles. The predicted molar refractivity (Wildman–Crippen MR) is 103 cm³/mol. The Hall–Kier alpha value is -0.520. The van der Waals surface area contributed by atoms with Crippen molar-refractivity contribution < 1.29 is 9.84 Å². The SMILES string of the molecule is CCc1cccc([C@@H](C2CCOCC2)N2CCNCC2)c1O.Cl.Cl. The Balaban J connectivity index is 0.00000144. The molecule has 4 nitrogen and oxygen atoms in total. The van der Waals surface area contributed by atoms with Crippen LogP contribution in [-0.2, 0) is 11.2 Å². The highest BCUT2D eigenvalue weighted by Gasteiger charge is 2.33. The average molecular weight is 377 g/mol. The Morgan fingerprint density at radius 1 is 1.21 bits per heavy atom. The van der Waals surface area contributed by atoms with Crippen LogP contribution < -0.4 is 5.32 Å². The zero-order chi connectivity index (χ0) is 15.4. The molecule has 2 heterocycles. The van der Waals surface area contributed by atoms with Gasteiger partial charge < -0.3 is 15.2 Å². The summed E-state index contributed by atoms with van der Waals surface area (Å²) in [5.74, 6) is 1.09. The molecule has 2 N–H and O–H groups in total. The van der Waals surface area contributed by atoms with Gasteiger partial charge in [-0.05, 0) is 30.7 Å². The van der Waals surface area contributed by atoms with Crippen LogP contribution in [0.1, 0.15) is 36.9 Å². The first-order valence-corrected chi connectivity index (χ1v) is 8.64. The molecule has 138 valence electrons. The van der Waals surface area contributed by atoms with Crippen LogP contribution in [0, 0.1) is 5.92 Å². The van der Waals surface area contributed by atoms with Gasteiger partial charge in [-0.25, -0.2) is 0 Å². The van der Waals surface area contributed by atoms with Gasteiger partial charge in [-0.2, -0.15) is 0 Å². The van der Waals surface area contributed by atoms with E-state index >= 15 is 0 Å². The van der Waals surface area contributed by atoms with Crippen LogP contribution in [0.5, 0.6) is 5.75 Å². The number of aryl methyl sites for hydroxylation is 1. The minimum Gasteiger partial charge on any atom is -0.507 e. The van der Waals surface area contributed by atoms with Gasteiger partial charge in [0.2, 0.25) is 0 Å². The van der Waals surface area contributed by atoms with Gasteiger partial charge in [0.05, 0.1) is 0 Å². The number of para-hydroxylation sites is 1. The molecule has 0 aromatic heterocycles. The minimum absolute atomic E-state index is 0. The maximum atomic E-state index is 10.7. The third-order valence-electron chi connectivity index (χ3n) is 5.11. The highest BCUT2D eigenvalue weighted by Crippen LogP contribution is 2.40. The molecule has 1 aromatic carbocycles. The highest BCUT2D eigenvalue weighted by atomic mass is 35.5. The summed E-state index contributed by atoms with van der Waals surface area (Å²) in [6, 6.07) is 6.58. The molecule has 6 heteroatoms. The summed E-state index contributed by atoms with van der Waals surface area (Å²) in [7, 11) is 0. The molecular weight excluding hydrogens is 347 g/mol. The van der Waals surface area contributed by atoms with E-state index < -0.39 is 0 Å². The van der Waals surface area contributed by atoms with E-state index in [-0.39, 0.29) is 24.8 Å². The second kappa shape index (κ2) is 10.5. The van der Waals surface area contributed by atoms with Crippen molar-refractivity contribution in [3.8, 4) is 5.75 Å². The number of nitrogens with one attached hydrogen (secondary N) is 1. The topological polar surface area (TPSA) is 44.7 Å². The molecule has 0 aliphatic carbocycles. The van der Waals surface area contributed by atoms with Crippen LogP contribution in [-0.4, -0.2) is 49.4 Å². The van der Waals surface area contributed by atoms with Gasteiger partial charge in [-0.15, -0.1) is 24.8 Å². The summed E-state index contributed by atoms with van der Waals surface area (Å²) < 4.78 is 5.55. The van der Waals surface area contributed by atoms with Crippen LogP contribution in [0.15, 0.2) is 18.2 Å². The van der Waals surface area contributed by atoms with E-state index in [1.165, 1.54) is 0 Å². The number of ether oxygens (including phenoxy) is 1. The number of halogens is 2. The number of phenols is 1. The van der Waals surface area contributed by atoms with E-state index in [1.54, 1.807) is 0 Å². The Morgan fingerprint density at radius 3 is 2.50 bits per heavy atom. The zero-order valence-corrected chi connectivity index (χ0v) is 16.0.